The lowest BCUT2D eigenvalue weighted by atomic mass is 10.2. The van der Waals surface area contributed by atoms with Crippen molar-refractivity contribution in [2.24, 2.45) is 5.84 Å². The molecule has 0 aliphatic carbocycles. The van der Waals surface area contributed by atoms with Gasteiger partial charge >= 0.3 is 6.41 Å². The van der Waals surface area contributed by atoms with Gasteiger partial charge in [-0.3, -0.25) is 20.5 Å². The molecule has 2 aromatic rings. The minimum absolute atomic E-state index is 0.0941. The first kappa shape index (κ1) is 19.1. The van der Waals surface area contributed by atoms with Crippen molar-refractivity contribution in [3.8, 4) is 11.5 Å². The molecule has 1 amide bonds. The minimum atomic E-state index is -0.569. The van der Waals surface area contributed by atoms with Crippen LogP contribution in [0.5, 0.6) is 11.5 Å². The van der Waals surface area contributed by atoms with Crippen molar-refractivity contribution in [1.29, 1.82) is 5.41 Å². The van der Waals surface area contributed by atoms with Crippen LogP contribution in [0.3, 0.4) is 0 Å². The van der Waals surface area contributed by atoms with Gasteiger partial charge in [0.05, 0.1) is 11.9 Å². The quantitative estimate of drug-likeness (QED) is 0.307. The highest BCUT2D eigenvalue weighted by molar-refractivity contribution is 6.08. The number of nitrogens with two attached hydrogens (primary N) is 1. The van der Waals surface area contributed by atoms with Crippen LogP contribution in [-0.4, -0.2) is 46.2 Å². The number of hydrogen-bond donors (Lipinski definition) is 3. The van der Waals surface area contributed by atoms with Crippen LogP contribution in [0.2, 0.25) is 0 Å². The van der Waals surface area contributed by atoms with Crippen LogP contribution in [0.1, 0.15) is 36.2 Å². The lowest BCUT2D eigenvalue weighted by molar-refractivity contribution is -0.0860. The fraction of sp³-hybridized carbons (Fsp3) is 0.368. The molecule has 10 nitrogen and oxygen atoms in total. The third-order valence-electron chi connectivity index (χ3n) is 4.87. The molecule has 1 fully saturated rings. The molecule has 152 valence electrons. The molecule has 1 atom stereocenters. The van der Waals surface area contributed by atoms with E-state index in [1.807, 2.05) is 0 Å². The number of ether oxygens (including phenoxy) is 2. The molecule has 4 N–H and O–H groups in total. The summed E-state index contributed by atoms with van der Waals surface area (Å²) in [6.45, 7) is 1.88. The Balaban J connectivity index is 1.41. The van der Waals surface area contributed by atoms with Crippen LogP contribution in [0.25, 0.3) is 0 Å². The molecular weight excluding hydrogens is 374 g/mol. The first-order valence-electron chi connectivity index (χ1n) is 9.54. The summed E-state index contributed by atoms with van der Waals surface area (Å²) < 4.78 is 11.9. The Labute approximate surface area is 168 Å². The van der Waals surface area contributed by atoms with Gasteiger partial charge in [0.25, 0.3) is 5.91 Å². The first-order chi connectivity index (χ1) is 14.1. The SMILES string of the molecule is N=C(NC(=O)c1cnccn1)N(N)c1ccc2c(c1)OC(N1CCCCCC1)O2. The van der Waals surface area contributed by atoms with Crippen molar-refractivity contribution >= 4 is 17.6 Å². The second-order valence-corrected chi connectivity index (χ2v) is 6.89. The van der Waals surface area contributed by atoms with E-state index in [0.29, 0.717) is 17.2 Å². The van der Waals surface area contributed by atoms with E-state index in [0.717, 1.165) is 30.9 Å². The Bertz CT molecular complexity index is 885. The molecule has 0 bridgehead atoms. The van der Waals surface area contributed by atoms with Crippen LogP contribution in [0, 0.1) is 5.41 Å². The van der Waals surface area contributed by atoms with Gasteiger partial charge in [0, 0.05) is 31.5 Å². The summed E-state index contributed by atoms with van der Waals surface area (Å²) in [5.74, 6) is 6.32. The molecule has 10 heteroatoms. The lowest BCUT2D eigenvalue weighted by Gasteiger charge is -2.24. The van der Waals surface area contributed by atoms with Crippen LogP contribution in [-0.2, 0) is 0 Å². The number of rotatable bonds is 3. The Kier molecular flexibility index (Phi) is 5.54. The number of hydrazine groups is 1. The van der Waals surface area contributed by atoms with Gasteiger partial charge in [0.15, 0.2) is 11.5 Å². The van der Waals surface area contributed by atoms with Gasteiger partial charge in [-0.2, -0.15) is 0 Å². The Morgan fingerprint density at radius 3 is 2.66 bits per heavy atom. The van der Waals surface area contributed by atoms with Crippen molar-refractivity contribution in [2.75, 3.05) is 18.1 Å². The molecule has 0 radical (unpaired) electrons. The summed E-state index contributed by atoms with van der Waals surface area (Å²) in [6.07, 6.45) is 8.44. The molecule has 4 rings (SSSR count). The number of carbonyl (C=O) groups excluding carboxylic acids is 1. The maximum absolute atomic E-state index is 12.1. The lowest BCUT2D eigenvalue weighted by Crippen LogP contribution is -2.47. The zero-order valence-electron chi connectivity index (χ0n) is 15.9. The number of carbonyl (C=O) groups is 1. The van der Waals surface area contributed by atoms with Crippen molar-refractivity contribution in [1.82, 2.24) is 20.2 Å². The highest BCUT2D eigenvalue weighted by atomic mass is 16.7. The van der Waals surface area contributed by atoms with E-state index in [1.54, 1.807) is 18.2 Å². The largest absolute Gasteiger partial charge is 0.438 e. The fourth-order valence-corrected chi connectivity index (χ4v) is 3.31. The average molecular weight is 397 g/mol. The summed E-state index contributed by atoms with van der Waals surface area (Å²) in [5.41, 5.74) is 0.574. The molecule has 2 aliphatic heterocycles. The number of nitrogens with one attached hydrogen (secondary N) is 2. The van der Waals surface area contributed by atoms with Crippen molar-refractivity contribution in [3.05, 3.63) is 42.5 Å². The van der Waals surface area contributed by atoms with Crippen molar-refractivity contribution in [2.45, 2.75) is 32.1 Å². The number of hydrogen-bond acceptors (Lipinski definition) is 8. The number of anilines is 1. The molecule has 1 saturated heterocycles. The van der Waals surface area contributed by atoms with Gasteiger partial charge in [-0.05, 0) is 25.0 Å². The van der Waals surface area contributed by atoms with E-state index in [1.165, 1.54) is 31.4 Å². The number of nitrogens with zero attached hydrogens (tertiary/aromatic N) is 4. The highest BCUT2D eigenvalue weighted by Crippen LogP contribution is 2.38. The fourth-order valence-electron chi connectivity index (χ4n) is 3.31. The normalized spacial score (nSPS) is 18.7. The van der Waals surface area contributed by atoms with Crippen molar-refractivity contribution < 1.29 is 14.3 Å². The zero-order valence-corrected chi connectivity index (χ0v) is 15.9. The molecule has 0 spiro atoms. The van der Waals surface area contributed by atoms with Crippen LogP contribution in [0.4, 0.5) is 5.69 Å². The average Bonchev–Trinajstić information content (AvgIpc) is 2.98. The molecule has 1 unspecified atom stereocenters. The van der Waals surface area contributed by atoms with E-state index < -0.39 is 12.3 Å². The van der Waals surface area contributed by atoms with E-state index >= 15 is 0 Å². The number of guanidine groups is 1. The monoisotopic (exact) mass is 397 g/mol. The summed E-state index contributed by atoms with van der Waals surface area (Å²) in [4.78, 5) is 22.1. The third-order valence-corrected chi connectivity index (χ3v) is 4.87. The number of likely N-dealkylation sites (tertiary alicyclic amines) is 1. The first-order valence-corrected chi connectivity index (χ1v) is 9.54. The summed E-state index contributed by atoms with van der Waals surface area (Å²) >= 11 is 0. The highest BCUT2D eigenvalue weighted by Gasteiger charge is 2.31. The molecule has 0 saturated carbocycles. The van der Waals surface area contributed by atoms with Gasteiger partial charge in [0.1, 0.15) is 5.69 Å². The van der Waals surface area contributed by atoms with Crippen molar-refractivity contribution in [3.63, 3.8) is 0 Å². The predicted molar refractivity (Wildman–Crippen MR) is 105 cm³/mol. The topological polar surface area (TPSA) is 130 Å². The van der Waals surface area contributed by atoms with Gasteiger partial charge in [0.2, 0.25) is 5.96 Å². The van der Waals surface area contributed by atoms with E-state index in [9.17, 15) is 4.79 Å². The summed E-state index contributed by atoms with van der Waals surface area (Å²) in [5, 5.41) is 11.5. The van der Waals surface area contributed by atoms with Gasteiger partial charge < -0.3 is 9.47 Å². The smallest absolute Gasteiger partial charge is 0.305 e. The zero-order chi connectivity index (χ0) is 20.2. The summed E-state index contributed by atoms with van der Waals surface area (Å²) in [6, 6.07) is 5.15. The van der Waals surface area contributed by atoms with Gasteiger partial charge in [-0.15, -0.1) is 0 Å². The molecule has 1 aromatic heterocycles. The molecule has 2 aliphatic rings. The predicted octanol–water partition coefficient (Wildman–Crippen LogP) is 1.45. The third kappa shape index (κ3) is 4.28. The van der Waals surface area contributed by atoms with Crippen LogP contribution in [0.15, 0.2) is 36.8 Å². The van der Waals surface area contributed by atoms with Crippen LogP contribution >= 0.6 is 0 Å². The molecule has 29 heavy (non-hydrogen) atoms. The molecule has 1 aromatic carbocycles. The maximum Gasteiger partial charge on any atom is 0.305 e. The van der Waals surface area contributed by atoms with E-state index in [-0.39, 0.29) is 11.7 Å². The summed E-state index contributed by atoms with van der Waals surface area (Å²) in [7, 11) is 0. The van der Waals surface area contributed by atoms with Crippen LogP contribution < -0.4 is 25.6 Å². The van der Waals surface area contributed by atoms with Gasteiger partial charge in [-0.1, -0.05) is 12.8 Å². The number of amides is 1. The second-order valence-electron chi connectivity index (χ2n) is 6.89. The van der Waals surface area contributed by atoms with E-state index in [4.69, 9.17) is 20.7 Å². The van der Waals surface area contributed by atoms with E-state index in [2.05, 4.69) is 20.2 Å². The number of fused-ring (bicyclic) bond motifs is 1. The Morgan fingerprint density at radius 1 is 1.17 bits per heavy atom. The number of benzene rings is 1. The maximum atomic E-state index is 12.1. The number of aromatic nitrogens is 2. The second kappa shape index (κ2) is 8.41. The Morgan fingerprint density at radius 2 is 1.93 bits per heavy atom. The molecule has 3 heterocycles. The standard InChI is InChI=1S/C19H23N7O3/c20-18(24-17(27)14-12-22-7-8-23-14)26(21)13-5-6-15-16(11-13)29-19(28-15)25-9-3-1-2-4-10-25/h5-8,11-12,19H,1-4,9-10,21H2,(H2,20,24,27). The minimum Gasteiger partial charge on any atom is -0.438 e. The molecular formula is C19H23N7O3. The Hall–Kier alpha value is -3.24. The van der Waals surface area contributed by atoms with Gasteiger partial charge in [-0.25, -0.2) is 20.7 Å².